The highest BCUT2D eigenvalue weighted by molar-refractivity contribution is 7.57. The third kappa shape index (κ3) is 7.98. The zero-order chi connectivity index (χ0) is 8.41. The van der Waals surface area contributed by atoms with Crippen LogP contribution >= 0.6 is 7.37 Å². The minimum Gasteiger partial charge on any atom is -0.344 e. The van der Waals surface area contributed by atoms with Crippen molar-refractivity contribution in [3.63, 3.8) is 0 Å². The van der Waals surface area contributed by atoms with Crippen molar-refractivity contribution in [3.05, 3.63) is 0 Å². The van der Waals surface area contributed by atoms with E-state index in [2.05, 4.69) is 0 Å². The summed E-state index contributed by atoms with van der Waals surface area (Å²) in [4.78, 5) is 8.44. The first-order chi connectivity index (χ1) is 4.21. The molecule has 0 heterocycles. The Morgan fingerprint density at radius 1 is 1.50 bits per heavy atom. The highest BCUT2D eigenvalue weighted by Gasteiger charge is 2.29. The molecule has 1 atom stereocenters. The second-order valence-electron chi connectivity index (χ2n) is 2.14. The van der Waals surface area contributed by atoms with E-state index >= 15 is 0 Å². The molecule has 0 fully saturated rings. The molecule has 0 amide bonds. The third-order valence-corrected chi connectivity index (χ3v) is 1.86. The smallest absolute Gasteiger partial charge is 0.344 e. The molecule has 62 valence electrons. The number of halogens is 3. The molecule has 1 N–H and O–H groups in total. The second-order valence-corrected chi connectivity index (χ2v) is 4.69. The third-order valence-electron chi connectivity index (χ3n) is 0.810. The molecule has 0 bridgehead atoms. The Kier molecular flexibility index (Phi) is 2.92. The second kappa shape index (κ2) is 2.93. The van der Waals surface area contributed by atoms with Gasteiger partial charge in [0.25, 0.3) is 0 Å². The van der Waals surface area contributed by atoms with E-state index in [0.717, 1.165) is 6.66 Å². The Labute approximate surface area is 56.5 Å². The lowest BCUT2D eigenvalue weighted by Crippen LogP contribution is -2.09. The van der Waals surface area contributed by atoms with Crippen LogP contribution in [-0.2, 0) is 4.57 Å². The van der Waals surface area contributed by atoms with Crippen molar-refractivity contribution in [1.82, 2.24) is 0 Å². The standard InChI is InChI=1S/C4H8F3O2P/c1-10(8,9)3-2-4(5,6)7/h2-3H2,1H3,(H,8,9). The van der Waals surface area contributed by atoms with Gasteiger partial charge >= 0.3 is 6.18 Å². The Morgan fingerprint density at radius 2 is 1.90 bits per heavy atom. The van der Waals surface area contributed by atoms with E-state index in [1.807, 2.05) is 0 Å². The predicted octanol–water partition coefficient (Wildman–Crippen LogP) is 1.84. The minimum absolute atomic E-state index is 0.684. The van der Waals surface area contributed by atoms with Crippen LogP contribution in [0.3, 0.4) is 0 Å². The van der Waals surface area contributed by atoms with Crippen molar-refractivity contribution in [2.45, 2.75) is 12.6 Å². The Hall–Kier alpha value is -0.0200. The maximum Gasteiger partial charge on any atom is 0.389 e. The molecule has 0 saturated heterocycles. The monoisotopic (exact) mass is 176 g/mol. The molecular weight excluding hydrogens is 168 g/mol. The van der Waals surface area contributed by atoms with Gasteiger partial charge in [0.2, 0.25) is 0 Å². The maximum absolute atomic E-state index is 11.4. The van der Waals surface area contributed by atoms with Gasteiger partial charge in [0, 0.05) is 12.8 Å². The van der Waals surface area contributed by atoms with Gasteiger partial charge in [-0.1, -0.05) is 0 Å². The van der Waals surface area contributed by atoms with Crippen molar-refractivity contribution < 1.29 is 22.6 Å². The van der Waals surface area contributed by atoms with Crippen LogP contribution < -0.4 is 0 Å². The summed E-state index contributed by atoms with van der Waals surface area (Å²) in [6.07, 6.45) is -6.19. The highest BCUT2D eigenvalue weighted by Crippen LogP contribution is 2.38. The average molecular weight is 176 g/mol. The molecule has 0 aliphatic rings. The zero-order valence-corrected chi connectivity index (χ0v) is 6.25. The van der Waals surface area contributed by atoms with Crippen molar-refractivity contribution >= 4 is 7.37 Å². The maximum atomic E-state index is 11.4. The van der Waals surface area contributed by atoms with E-state index in [1.54, 1.807) is 0 Å². The van der Waals surface area contributed by atoms with Gasteiger partial charge in [-0.25, -0.2) is 0 Å². The van der Waals surface area contributed by atoms with Crippen LogP contribution in [0.25, 0.3) is 0 Å². The molecule has 10 heavy (non-hydrogen) atoms. The van der Waals surface area contributed by atoms with Crippen LogP contribution in [0.2, 0.25) is 0 Å². The fraction of sp³-hybridized carbons (Fsp3) is 1.00. The summed E-state index contributed by atoms with van der Waals surface area (Å²) in [5.74, 6) is 0. The topological polar surface area (TPSA) is 37.3 Å². The first-order valence-corrected chi connectivity index (χ1v) is 4.86. The molecule has 6 heteroatoms. The van der Waals surface area contributed by atoms with Crippen LogP contribution in [0.1, 0.15) is 6.42 Å². The fourth-order valence-corrected chi connectivity index (χ4v) is 1.00. The van der Waals surface area contributed by atoms with Gasteiger partial charge in [-0.2, -0.15) is 13.2 Å². The zero-order valence-electron chi connectivity index (χ0n) is 5.35. The highest BCUT2D eigenvalue weighted by atomic mass is 31.2. The quantitative estimate of drug-likeness (QED) is 0.651. The van der Waals surface area contributed by atoms with E-state index in [9.17, 15) is 17.7 Å². The van der Waals surface area contributed by atoms with Crippen LogP contribution in [0.4, 0.5) is 13.2 Å². The molecule has 0 saturated carbocycles. The number of alkyl halides is 3. The molecule has 0 spiro atoms. The van der Waals surface area contributed by atoms with Gasteiger partial charge in [-0.05, 0) is 0 Å². The molecule has 0 radical (unpaired) electrons. The largest absolute Gasteiger partial charge is 0.389 e. The first-order valence-electron chi connectivity index (χ1n) is 2.57. The summed E-state index contributed by atoms with van der Waals surface area (Å²) in [6, 6.07) is 0. The molecule has 0 aliphatic carbocycles. The van der Waals surface area contributed by atoms with E-state index in [0.29, 0.717) is 0 Å². The Balaban J connectivity index is 3.67. The summed E-state index contributed by atoms with van der Waals surface area (Å²) < 4.78 is 44.4. The molecule has 0 aliphatic heterocycles. The van der Waals surface area contributed by atoms with Crippen molar-refractivity contribution in [2.24, 2.45) is 0 Å². The number of hydrogen-bond donors (Lipinski definition) is 1. The molecule has 0 aromatic carbocycles. The summed E-state index contributed by atoms with van der Waals surface area (Å²) in [6.45, 7) is 0.915. The van der Waals surface area contributed by atoms with Crippen molar-refractivity contribution in [3.8, 4) is 0 Å². The van der Waals surface area contributed by atoms with E-state index in [4.69, 9.17) is 4.89 Å². The molecule has 0 aromatic rings. The van der Waals surface area contributed by atoms with E-state index < -0.39 is 26.1 Å². The summed E-state index contributed by atoms with van der Waals surface area (Å²) in [5, 5.41) is 0. The molecule has 1 unspecified atom stereocenters. The number of hydrogen-bond acceptors (Lipinski definition) is 1. The SMILES string of the molecule is CP(=O)(O)CCC(F)(F)F. The predicted molar refractivity (Wildman–Crippen MR) is 31.3 cm³/mol. The molecule has 0 rings (SSSR count). The minimum atomic E-state index is -4.32. The van der Waals surface area contributed by atoms with Gasteiger partial charge in [0.15, 0.2) is 7.37 Å². The van der Waals surface area contributed by atoms with Crippen molar-refractivity contribution in [1.29, 1.82) is 0 Å². The number of rotatable bonds is 2. The molecular formula is C4H8F3O2P. The molecule has 0 aromatic heterocycles. The average Bonchev–Trinajstić information content (AvgIpc) is 1.57. The van der Waals surface area contributed by atoms with Crippen LogP contribution in [0.15, 0.2) is 0 Å². The lowest BCUT2D eigenvalue weighted by Gasteiger charge is -2.07. The van der Waals surface area contributed by atoms with Crippen LogP contribution in [-0.4, -0.2) is 23.9 Å². The van der Waals surface area contributed by atoms with Gasteiger partial charge in [-0.15, -0.1) is 0 Å². The lowest BCUT2D eigenvalue weighted by molar-refractivity contribution is -0.130. The van der Waals surface area contributed by atoms with Gasteiger partial charge in [-0.3, -0.25) is 4.57 Å². The van der Waals surface area contributed by atoms with Crippen LogP contribution in [0.5, 0.6) is 0 Å². The summed E-state index contributed by atoms with van der Waals surface area (Å²) in [5.41, 5.74) is 0. The summed E-state index contributed by atoms with van der Waals surface area (Å²) >= 11 is 0. The first kappa shape index (κ1) is 9.98. The fourth-order valence-electron chi connectivity index (χ4n) is 0.334. The van der Waals surface area contributed by atoms with E-state index in [-0.39, 0.29) is 0 Å². The van der Waals surface area contributed by atoms with E-state index in [1.165, 1.54) is 0 Å². The van der Waals surface area contributed by atoms with Gasteiger partial charge in [0.1, 0.15) is 0 Å². The van der Waals surface area contributed by atoms with Crippen molar-refractivity contribution in [2.75, 3.05) is 12.8 Å². The lowest BCUT2D eigenvalue weighted by atomic mass is 10.5. The normalized spacial score (nSPS) is 18.5. The Morgan fingerprint density at radius 3 is 2.00 bits per heavy atom. The van der Waals surface area contributed by atoms with Crippen LogP contribution in [0, 0.1) is 0 Å². The van der Waals surface area contributed by atoms with Gasteiger partial charge < -0.3 is 4.89 Å². The summed E-state index contributed by atoms with van der Waals surface area (Å²) in [7, 11) is -3.48. The Bertz CT molecular complexity index is 147. The van der Waals surface area contributed by atoms with Gasteiger partial charge in [0.05, 0.1) is 6.42 Å². The molecule has 2 nitrogen and oxygen atoms in total.